The summed E-state index contributed by atoms with van der Waals surface area (Å²) >= 11 is 0. The van der Waals surface area contributed by atoms with Gasteiger partial charge in [-0.15, -0.1) is 0 Å². The summed E-state index contributed by atoms with van der Waals surface area (Å²) in [6, 6.07) is 9.43. The van der Waals surface area contributed by atoms with Crippen LogP contribution < -0.4 is 10.1 Å². The van der Waals surface area contributed by atoms with Crippen molar-refractivity contribution in [2.45, 2.75) is 26.8 Å². The zero-order valence-corrected chi connectivity index (χ0v) is 17.8. The number of rotatable bonds is 8. The molecule has 4 rings (SSSR count). The number of carbonyl (C=O) groups excluding carboxylic acids is 1. The summed E-state index contributed by atoms with van der Waals surface area (Å²) in [5.41, 5.74) is 2.37. The number of aliphatic hydroxyl groups is 1. The Hall–Kier alpha value is -3.39. The van der Waals surface area contributed by atoms with Crippen LogP contribution in [0.1, 0.15) is 26.1 Å². The fourth-order valence-corrected chi connectivity index (χ4v) is 3.81. The number of hydrogen-bond acceptors (Lipinski definition) is 6. The van der Waals surface area contributed by atoms with Gasteiger partial charge in [-0.25, -0.2) is 4.98 Å². The van der Waals surface area contributed by atoms with E-state index in [4.69, 9.17) is 4.74 Å². The van der Waals surface area contributed by atoms with Crippen LogP contribution in [0.4, 0.5) is 5.69 Å². The molecule has 0 spiro atoms. The first-order valence-electron chi connectivity index (χ1n) is 10.6. The molecular formula is C23H27N5O3. The number of benzene rings is 1. The third-order valence-electron chi connectivity index (χ3n) is 5.55. The van der Waals surface area contributed by atoms with E-state index in [0.29, 0.717) is 36.8 Å². The van der Waals surface area contributed by atoms with Crippen molar-refractivity contribution in [1.29, 1.82) is 0 Å². The Morgan fingerprint density at radius 1 is 1.26 bits per heavy atom. The van der Waals surface area contributed by atoms with Crippen molar-refractivity contribution in [2.24, 2.45) is 0 Å². The lowest BCUT2D eigenvalue weighted by molar-refractivity contribution is -0.111. The first-order valence-corrected chi connectivity index (χ1v) is 10.6. The number of nitrogens with one attached hydrogen (secondary N) is 1. The molecular weight excluding hydrogens is 394 g/mol. The standard InChI is InChI=1S/C23H27N5O3/c1-3-27(4-2)13-14-31-20-9-11-24-15-17(20)26-23(30)21-19(29)10-12-28-18-8-6-5-7-16(18)25-22(21)28/h5-9,11,15,29H,3-4,10,12-14H2,1-2H3,(H,26,30). The number of para-hydroxylation sites is 2. The Bertz CT molecular complexity index is 1120. The molecule has 8 nitrogen and oxygen atoms in total. The Kier molecular flexibility index (Phi) is 6.18. The number of fused-ring (bicyclic) bond motifs is 3. The number of aryl methyl sites for hydroxylation is 1. The van der Waals surface area contributed by atoms with Gasteiger partial charge in [0, 0.05) is 31.8 Å². The van der Waals surface area contributed by atoms with Crippen LogP contribution in [0.25, 0.3) is 16.6 Å². The highest BCUT2D eigenvalue weighted by atomic mass is 16.5. The molecule has 3 heterocycles. The van der Waals surface area contributed by atoms with Crippen LogP contribution in [0.2, 0.25) is 0 Å². The smallest absolute Gasteiger partial charge is 0.263 e. The van der Waals surface area contributed by atoms with Gasteiger partial charge in [0.2, 0.25) is 0 Å². The predicted molar refractivity (Wildman–Crippen MR) is 120 cm³/mol. The van der Waals surface area contributed by atoms with Crippen molar-refractivity contribution in [2.75, 3.05) is 31.6 Å². The average molecular weight is 422 g/mol. The lowest BCUT2D eigenvalue weighted by Crippen LogP contribution is -2.28. The molecule has 3 aromatic rings. The lowest BCUT2D eigenvalue weighted by Gasteiger charge is -2.20. The summed E-state index contributed by atoms with van der Waals surface area (Å²) in [6.07, 6.45) is 3.55. The number of allylic oxidation sites excluding steroid dienone is 1. The van der Waals surface area contributed by atoms with Crippen LogP contribution in [0.15, 0.2) is 48.5 Å². The van der Waals surface area contributed by atoms with Crippen molar-refractivity contribution < 1.29 is 14.6 Å². The lowest BCUT2D eigenvalue weighted by atomic mass is 10.1. The van der Waals surface area contributed by atoms with Gasteiger partial charge in [-0.2, -0.15) is 0 Å². The molecule has 0 unspecified atom stereocenters. The number of aliphatic hydroxyl groups excluding tert-OH is 1. The topological polar surface area (TPSA) is 92.5 Å². The van der Waals surface area contributed by atoms with E-state index >= 15 is 0 Å². The van der Waals surface area contributed by atoms with Crippen LogP contribution in [0.5, 0.6) is 5.75 Å². The van der Waals surface area contributed by atoms with E-state index in [0.717, 1.165) is 30.7 Å². The zero-order chi connectivity index (χ0) is 21.8. The molecule has 162 valence electrons. The number of likely N-dealkylation sites (N-methyl/N-ethyl adjacent to an activating group) is 1. The number of pyridine rings is 1. The number of carbonyl (C=O) groups is 1. The molecule has 0 bridgehead atoms. The number of nitrogens with zero attached hydrogens (tertiary/aromatic N) is 4. The van der Waals surface area contributed by atoms with Crippen LogP contribution in [0.3, 0.4) is 0 Å². The van der Waals surface area contributed by atoms with Crippen molar-refractivity contribution in [3.63, 3.8) is 0 Å². The van der Waals surface area contributed by atoms with E-state index in [1.54, 1.807) is 18.5 Å². The number of imidazole rings is 1. The molecule has 0 radical (unpaired) electrons. The summed E-state index contributed by atoms with van der Waals surface area (Å²) in [7, 11) is 0. The van der Waals surface area contributed by atoms with Gasteiger partial charge in [0.05, 0.1) is 17.2 Å². The maximum Gasteiger partial charge on any atom is 0.263 e. The van der Waals surface area contributed by atoms with Gasteiger partial charge in [0.1, 0.15) is 35.2 Å². The highest BCUT2D eigenvalue weighted by Gasteiger charge is 2.28. The minimum absolute atomic E-state index is 0.0354. The van der Waals surface area contributed by atoms with Gasteiger partial charge in [-0.3, -0.25) is 9.78 Å². The fourth-order valence-electron chi connectivity index (χ4n) is 3.81. The van der Waals surface area contributed by atoms with Crippen molar-refractivity contribution >= 4 is 28.2 Å². The van der Waals surface area contributed by atoms with E-state index in [-0.39, 0.29) is 11.3 Å². The maximum absolute atomic E-state index is 13.2. The van der Waals surface area contributed by atoms with Gasteiger partial charge < -0.3 is 24.6 Å². The van der Waals surface area contributed by atoms with Crippen molar-refractivity contribution in [1.82, 2.24) is 19.4 Å². The predicted octanol–water partition coefficient (Wildman–Crippen LogP) is 3.46. The molecule has 1 amide bonds. The fraction of sp³-hybridized carbons (Fsp3) is 0.348. The van der Waals surface area contributed by atoms with Gasteiger partial charge in [-0.1, -0.05) is 26.0 Å². The molecule has 0 aliphatic carbocycles. The third kappa shape index (κ3) is 4.25. The van der Waals surface area contributed by atoms with Gasteiger partial charge in [-0.05, 0) is 25.2 Å². The molecule has 0 saturated heterocycles. The first kappa shape index (κ1) is 20.9. The summed E-state index contributed by atoms with van der Waals surface area (Å²) in [6.45, 7) is 7.99. The number of amides is 1. The Labute approximate surface area is 181 Å². The van der Waals surface area contributed by atoms with E-state index in [2.05, 4.69) is 34.0 Å². The highest BCUT2D eigenvalue weighted by molar-refractivity contribution is 6.25. The van der Waals surface area contributed by atoms with Gasteiger partial charge >= 0.3 is 0 Å². The maximum atomic E-state index is 13.2. The molecule has 1 aromatic carbocycles. The van der Waals surface area contributed by atoms with E-state index in [1.165, 1.54) is 0 Å². The molecule has 1 aliphatic heterocycles. The molecule has 0 atom stereocenters. The SMILES string of the molecule is CCN(CC)CCOc1ccncc1NC(=O)C1=C(O)CCn2c1nc1ccccc12. The molecule has 0 saturated carbocycles. The molecule has 2 aromatic heterocycles. The number of hydrogen-bond donors (Lipinski definition) is 2. The Morgan fingerprint density at radius 2 is 2.06 bits per heavy atom. The van der Waals surface area contributed by atoms with Crippen LogP contribution in [-0.2, 0) is 11.3 Å². The Balaban J connectivity index is 1.55. The molecule has 31 heavy (non-hydrogen) atoms. The molecule has 0 fully saturated rings. The quantitative estimate of drug-likeness (QED) is 0.579. The largest absolute Gasteiger partial charge is 0.511 e. The second-order valence-electron chi connectivity index (χ2n) is 7.35. The second-order valence-corrected chi connectivity index (χ2v) is 7.35. The van der Waals surface area contributed by atoms with E-state index < -0.39 is 5.91 Å². The van der Waals surface area contributed by atoms with E-state index in [9.17, 15) is 9.90 Å². The number of ether oxygens (including phenoxy) is 1. The van der Waals surface area contributed by atoms with Crippen LogP contribution in [0, 0.1) is 0 Å². The minimum atomic E-state index is -0.435. The summed E-state index contributed by atoms with van der Waals surface area (Å²) < 4.78 is 7.88. The van der Waals surface area contributed by atoms with Gasteiger partial charge in [0.25, 0.3) is 5.91 Å². The summed E-state index contributed by atoms with van der Waals surface area (Å²) in [5.74, 6) is 0.610. The normalized spacial score (nSPS) is 13.5. The average Bonchev–Trinajstić information content (AvgIpc) is 3.16. The first-order chi connectivity index (χ1) is 15.1. The summed E-state index contributed by atoms with van der Waals surface area (Å²) in [5, 5.41) is 13.4. The van der Waals surface area contributed by atoms with Crippen LogP contribution in [-0.4, -0.2) is 56.7 Å². The summed E-state index contributed by atoms with van der Waals surface area (Å²) in [4.78, 5) is 24.1. The monoisotopic (exact) mass is 421 g/mol. The minimum Gasteiger partial charge on any atom is -0.511 e. The number of anilines is 1. The van der Waals surface area contributed by atoms with Gasteiger partial charge in [0.15, 0.2) is 0 Å². The molecule has 2 N–H and O–H groups in total. The van der Waals surface area contributed by atoms with Crippen LogP contribution >= 0.6 is 0 Å². The highest BCUT2D eigenvalue weighted by Crippen LogP contribution is 2.31. The van der Waals surface area contributed by atoms with E-state index in [1.807, 2.05) is 28.8 Å². The Morgan fingerprint density at radius 3 is 2.87 bits per heavy atom. The molecule has 8 heteroatoms. The van der Waals surface area contributed by atoms with Crippen molar-refractivity contribution in [3.8, 4) is 5.75 Å². The van der Waals surface area contributed by atoms with Crippen molar-refractivity contribution in [3.05, 3.63) is 54.3 Å². The second kappa shape index (κ2) is 9.18. The number of aromatic nitrogens is 3. The molecule has 1 aliphatic rings. The third-order valence-corrected chi connectivity index (χ3v) is 5.55. The zero-order valence-electron chi connectivity index (χ0n) is 17.8.